The van der Waals surface area contributed by atoms with E-state index < -0.39 is 30.1 Å². The fourth-order valence-electron chi connectivity index (χ4n) is 3.04. The van der Waals surface area contributed by atoms with Gasteiger partial charge in [-0.3, -0.25) is 9.59 Å². The predicted octanol–water partition coefficient (Wildman–Crippen LogP) is 2.08. The number of amides is 2. The van der Waals surface area contributed by atoms with E-state index in [1.165, 1.54) is 37.4 Å². The number of carbonyl (C=O) groups is 4. The number of thioether (sulfide) groups is 2. The van der Waals surface area contributed by atoms with Gasteiger partial charge >= 0.3 is 11.9 Å². The number of carboxylic acid groups (broad SMARTS) is 2. The first-order chi connectivity index (χ1) is 18.0. The van der Waals surface area contributed by atoms with E-state index in [1.54, 1.807) is 0 Å². The van der Waals surface area contributed by atoms with Gasteiger partial charge in [-0.05, 0) is 11.1 Å². The van der Waals surface area contributed by atoms with Gasteiger partial charge in [0.05, 0.1) is 18.0 Å². The zero-order valence-electron chi connectivity index (χ0n) is 21.1. The molecular formula is C26H34N2O8S2. The molecule has 6 N–H and O–H groups in total. The Kier molecular flexibility index (Phi) is 15.8. The molecule has 0 saturated carbocycles. The number of aliphatic hydroxyl groups excluding tert-OH is 2. The van der Waals surface area contributed by atoms with E-state index in [-0.39, 0.29) is 35.2 Å². The van der Waals surface area contributed by atoms with Gasteiger partial charge in [-0.25, -0.2) is 9.59 Å². The van der Waals surface area contributed by atoms with Gasteiger partial charge in [0.2, 0.25) is 11.8 Å². The summed E-state index contributed by atoms with van der Waals surface area (Å²) < 4.78 is 0. The summed E-state index contributed by atoms with van der Waals surface area (Å²) in [7, 11) is 0. The van der Waals surface area contributed by atoms with Gasteiger partial charge in [0.15, 0.2) is 0 Å². The van der Waals surface area contributed by atoms with E-state index in [4.69, 9.17) is 10.2 Å². The van der Waals surface area contributed by atoms with Crippen LogP contribution in [0, 0.1) is 0 Å². The standard InChI is InChI=1S/2C13H17NO4S/c1-9(16)14-11(13(17)18)8-19-12(7-15)10-5-3-2-4-6-10;1-9(15)14-11(13(17)18)7-19-8-12(16)10-5-3-2-4-6-10/h2-6,11-12,15H,7-8H2,1H3,(H,14,16)(H,17,18);2-6,11-12,16H,7-8H2,1H3,(H,14,15)(H,17,18)/t2*11-,12?/m00/s1/i2*2+1,3+1,4+1,5+1,6+1,10+1. The number of carboxylic acids is 2. The van der Waals surface area contributed by atoms with E-state index in [0.29, 0.717) is 5.75 Å². The zero-order valence-corrected chi connectivity index (χ0v) is 22.8. The van der Waals surface area contributed by atoms with E-state index in [0.717, 1.165) is 11.1 Å². The third-order valence-corrected chi connectivity index (χ3v) is 7.37. The molecule has 12 heteroatoms. The van der Waals surface area contributed by atoms with Crippen molar-refractivity contribution in [1.29, 1.82) is 0 Å². The molecule has 4 atom stereocenters. The Morgan fingerprint density at radius 3 is 1.61 bits per heavy atom. The molecule has 208 valence electrons. The fourth-order valence-corrected chi connectivity index (χ4v) is 5.16. The molecule has 10 nitrogen and oxygen atoms in total. The van der Waals surface area contributed by atoms with Crippen LogP contribution in [0.2, 0.25) is 0 Å². The van der Waals surface area contributed by atoms with Gasteiger partial charge in [-0.1, -0.05) is 60.7 Å². The van der Waals surface area contributed by atoms with Crippen molar-refractivity contribution >= 4 is 47.3 Å². The Bertz CT molecular complexity index is 1010. The average molecular weight is 579 g/mol. The first-order valence-corrected chi connectivity index (χ1v) is 13.8. The molecule has 0 saturated heterocycles. The minimum absolute atomic E-state index is 0.0823. The Balaban J connectivity index is 0.000000380. The quantitative estimate of drug-likeness (QED) is 0.195. The monoisotopic (exact) mass is 578 g/mol. The summed E-state index contributed by atoms with van der Waals surface area (Å²) in [5, 5.41) is 41.7. The molecule has 0 heterocycles. The van der Waals surface area contributed by atoms with E-state index in [1.807, 2.05) is 60.7 Å². The van der Waals surface area contributed by atoms with Crippen LogP contribution >= 0.6 is 23.5 Å². The fraction of sp³-hybridized carbons (Fsp3) is 0.385. The summed E-state index contributed by atoms with van der Waals surface area (Å²) in [6.45, 7) is 2.47. The van der Waals surface area contributed by atoms with Crippen LogP contribution in [0.15, 0.2) is 60.7 Å². The maximum absolute atomic E-state index is 11.0. The largest absolute Gasteiger partial charge is 0.480 e. The maximum Gasteiger partial charge on any atom is 0.327 e. The molecule has 0 spiro atoms. The first kappa shape index (κ1) is 33.0. The van der Waals surface area contributed by atoms with Crippen LogP contribution in [0.25, 0.3) is 0 Å². The first-order valence-electron chi connectivity index (χ1n) is 11.6. The van der Waals surface area contributed by atoms with Crippen molar-refractivity contribution in [3.05, 3.63) is 71.8 Å². The van der Waals surface area contributed by atoms with Gasteiger partial charge in [0.25, 0.3) is 0 Å². The normalized spacial score (nSPS) is 13.6. The number of rotatable bonds is 14. The maximum atomic E-state index is 11.0. The summed E-state index contributed by atoms with van der Waals surface area (Å²) in [4.78, 5) is 43.6. The molecule has 2 aromatic carbocycles. The summed E-state index contributed by atoms with van der Waals surface area (Å²) in [5.41, 5.74) is 1.73. The van der Waals surface area contributed by atoms with Crippen LogP contribution < -0.4 is 10.6 Å². The summed E-state index contributed by atoms with van der Waals surface area (Å²) in [6.07, 6.45) is -0.641. The third kappa shape index (κ3) is 13.5. The van der Waals surface area contributed by atoms with Crippen LogP contribution in [0.3, 0.4) is 0 Å². The number of aliphatic hydroxyl groups is 2. The van der Waals surface area contributed by atoms with Crippen molar-refractivity contribution in [2.24, 2.45) is 0 Å². The molecule has 2 rings (SSSR count). The molecule has 38 heavy (non-hydrogen) atoms. The number of hydrogen-bond acceptors (Lipinski definition) is 8. The lowest BCUT2D eigenvalue weighted by Crippen LogP contribution is -2.41. The highest BCUT2D eigenvalue weighted by Gasteiger charge is 2.21. The van der Waals surface area contributed by atoms with Crippen molar-refractivity contribution in [2.75, 3.05) is 23.9 Å². The number of aliphatic carboxylic acids is 2. The molecule has 0 aliphatic rings. The molecule has 0 aliphatic heterocycles. The second-order valence-electron chi connectivity index (χ2n) is 8.06. The highest BCUT2D eigenvalue weighted by atomic mass is 32.2. The second-order valence-corrected chi connectivity index (χ2v) is 10.4. The highest BCUT2D eigenvalue weighted by molar-refractivity contribution is 7.99. The molecule has 0 radical (unpaired) electrons. The topological polar surface area (TPSA) is 173 Å². The SMILES string of the molecule is CC(=O)N[C@@H](CSC(CO)[13c]1[13cH][13cH][13cH][13cH][13cH]1)C(=O)O.CC(=O)N[C@@H](CSCC(O)[13c]1[13cH][13cH][13cH][13cH][13cH]1)C(=O)O. The molecule has 0 fully saturated rings. The van der Waals surface area contributed by atoms with E-state index >= 15 is 0 Å². The number of nitrogens with one attached hydrogen (secondary N) is 2. The number of hydrogen-bond donors (Lipinski definition) is 6. The predicted molar refractivity (Wildman–Crippen MR) is 148 cm³/mol. The minimum atomic E-state index is -1.08. The van der Waals surface area contributed by atoms with E-state index in [2.05, 4.69) is 10.6 Å². The van der Waals surface area contributed by atoms with Gasteiger partial charge in [-0.2, -0.15) is 11.8 Å². The second kappa shape index (κ2) is 18.2. The minimum Gasteiger partial charge on any atom is -0.480 e. The van der Waals surface area contributed by atoms with Gasteiger partial charge in [0, 0.05) is 31.1 Å². The van der Waals surface area contributed by atoms with Gasteiger partial charge < -0.3 is 31.1 Å². The smallest absolute Gasteiger partial charge is 0.327 e. The Morgan fingerprint density at radius 2 is 1.18 bits per heavy atom. The van der Waals surface area contributed by atoms with Crippen molar-refractivity contribution < 1.29 is 39.6 Å². The summed E-state index contributed by atoms with van der Waals surface area (Å²) in [5.74, 6) is -2.10. The van der Waals surface area contributed by atoms with Crippen molar-refractivity contribution in [1.82, 2.24) is 10.6 Å². The number of benzene rings is 2. The lowest BCUT2D eigenvalue weighted by Gasteiger charge is -2.18. The molecule has 2 aromatic rings. The Labute approximate surface area is 230 Å². The average Bonchev–Trinajstić information content (AvgIpc) is 2.88. The van der Waals surface area contributed by atoms with Crippen LogP contribution in [-0.4, -0.2) is 80.1 Å². The van der Waals surface area contributed by atoms with E-state index in [9.17, 15) is 29.4 Å². The molecular weight excluding hydrogens is 544 g/mol. The molecule has 2 unspecified atom stereocenters. The third-order valence-electron chi connectivity index (χ3n) is 4.90. The van der Waals surface area contributed by atoms with Crippen molar-refractivity contribution in [3.8, 4) is 0 Å². The van der Waals surface area contributed by atoms with Gasteiger partial charge in [-0.15, -0.1) is 11.8 Å². The summed E-state index contributed by atoms with van der Waals surface area (Å²) >= 11 is 2.60. The highest BCUT2D eigenvalue weighted by Crippen LogP contribution is 2.28. The zero-order chi connectivity index (χ0) is 28.5. The lowest BCUT2D eigenvalue weighted by atomic mass is 10.3. The number of carbonyl (C=O) groups excluding carboxylic acids is 2. The summed E-state index contributed by atoms with van der Waals surface area (Å²) in [6, 6.07) is 16.6. The van der Waals surface area contributed by atoms with Crippen molar-refractivity contribution in [3.63, 3.8) is 0 Å². The Morgan fingerprint density at radius 1 is 0.737 bits per heavy atom. The van der Waals surface area contributed by atoms with Crippen LogP contribution in [0.5, 0.6) is 0 Å². The molecule has 0 bridgehead atoms. The molecule has 2 amide bonds. The molecule has 0 aromatic heterocycles. The lowest BCUT2D eigenvalue weighted by molar-refractivity contribution is -0.141. The van der Waals surface area contributed by atoms with Crippen LogP contribution in [-0.2, 0) is 19.2 Å². The van der Waals surface area contributed by atoms with Crippen LogP contribution in [0.4, 0.5) is 0 Å². The van der Waals surface area contributed by atoms with Crippen molar-refractivity contribution in [2.45, 2.75) is 37.3 Å². The molecule has 0 aliphatic carbocycles. The van der Waals surface area contributed by atoms with Gasteiger partial charge in [0.1, 0.15) is 12.1 Å². The Hall–Kier alpha value is -3.06. The van der Waals surface area contributed by atoms with Crippen LogP contribution in [0.1, 0.15) is 36.3 Å².